The molecule has 0 saturated heterocycles. The molecule has 1 nitrogen and oxygen atoms in total. The van der Waals surface area contributed by atoms with Crippen molar-refractivity contribution in [3.05, 3.63) is 42.0 Å². The maximum atomic E-state index is 3.74. The lowest BCUT2D eigenvalue weighted by Crippen LogP contribution is -2.12. The molecule has 0 aromatic heterocycles. The van der Waals surface area contributed by atoms with Crippen LogP contribution in [0.1, 0.15) is 24.1 Å². The summed E-state index contributed by atoms with van der Waals surface area (Å²) in [4.78, 5) is 0. The van der Waals surface area contributed by atoms with Crippen LogP contribution < -0.4 is 5.32 Å². The molecule has 0 radical (unpaired) electrons. The van der Waals surface area contributed by atoms with Gasteiger partial charge in [0.15, 0.2) is 0 Å². The van der Waals surface area contributed by atoms with Crippen LogP contribution in [0.4, 0.5) is 0 Å². The summed E-state index contributed by atoms with van der Waals surface area (Å²) in [7, 11) is 1.96. The van der Waals surface area contributed by atoms with Crippen molar-refractivity contribution in [2.24, 2.45) is 0 Å². The van der Waals surface area contributed by atoms with Crippen molar-refractivity contribution in [2.75, 3.05) is 7.05 Å². The van der Waals surface area contributed by atoms with Crippen LogP contribution in [-0.4, -0.2) is 7.05 Å². The summed E-state index contributed by atoms with van der Waals surface area (Å²) in [5, 5.41) is 3.20. The van der Waals surface area contributed by atoms with E-state index in [0.29, 0.717) is 6.04 Å². The number of nitrogens with one attached hydrogen (secondary N) is 1. The first kappa shape index (κ1) is 9.01. The van der Waals surface area contributed by atoms with Gasteiger partial charge < -0.3 is 5.32 Å². The summed E-state index contributed by atoms with van der Waals surface area (Å²) >= 11 is 0. The first-order chi connectivity index (χ1) is 5.77. The standard InChI is InChI=1S/C11H15N/c1-4-10-6-5-7-11(8-10)9(2)12-3/h4-9,12H,1H2,2-3H3/t9-/m1/s1. The third-order valence-electron chi connectivity index (χ3n) is 2.08. The van der Waals surface area contributed by atoms with E-state index in [1.54, 1.807) is 0 Å². The lowest BCUT2D eigenvalue weighted by molar-refractivity contribution is 0.652. The maximum absolute atomic E-state index is 3.74. The van der Waals surface area contributed by atoms with E-state index in [2.05, 4.69) is 43.1 Å². The lowest BCUT2D eigenvalue weighted by Gasteiger charge is -2.10. The van der Waals surface area contributed by atoms with Crippen molar-refractivity contribution < 1.29 is 0 Å². The Morgan fingerprint density at radius 3 is 2.83 bits per heavy atom. The van der Waals surface area contributed by atoms with E-state index < -0.39 is 0 Å². The van der Waals surface area contributed by atoms with Crippen LogP contribution in [0.15, 0.2) is 30.8 Å². The third kappa shape index (κ3) is 1.95. The predicted molar refractivity (Wildman–Crippen MR) is 54.0 cm³/mol. The van der Waals surface area contributed by atoms with E-state index in [1.807, 2.05) is 13.1 Å². The Morgan fingerprint density at radius 2 is 2.25 bits per heavy atom. The molecule has 1 aromatic rings. The van der Waals surface area contributed by atoms with Gasteiger partial charge in [0.05, 0.1) is 0 Å². The fourth-order valence-electron chi connectivity index (χ4n) is 1.12. The number of rotatable bonds is 3. The van der Waals surface area contributed by atoms with E-state index in [0.717, 1.165) is 0 Å². The molecule has 0 bridgehead atoms. The highest BCUT2D eigenvalue weighted by molar-refractivity contribution is 5.48. The molecular weight excluding hydrogens is 146 g/mol. The van der Waals surface area contributed by atoms with Crippen molar-refractivity contribution in [1.82, 2.24) is 5.32 Å². The van der Waals surface area contributed by atoms with E-state index >= 15 is 0 Å². The molecule has 0 heterocycles. The van der Waals surface area contributed by atoms with Gasteiger partial charge in [-0.1, -0.05) is 36.9 Å². The highest BCUT2D eigenvalue weighted by Crippen LogP contribution is 2.13. The van der Waals surface area contributed by atoms with E-state index in [1.165, 1.54) is 11.1 Å². The second kappa shape index (κ2) is 4.07. The molecule has 0 saturated carbocycles. The van der Waals surface area contributed by atoms with Crippen LogP contribution in [0.5, 0.6) is 0 Å². The monoisotopic (exact) mass is 161 g/mol. The normalized spacial score (nSPS) is 12.5. The summed E-state index contributed by atoms with van der Waals surface area (Å²) in [6.45, 7) is 5.88. The van der Waals surface area contributed by atoms with Gasteiger partial charge in [-0.25, -0.2) is 0 Å². The zero-order valence-corrected chi connectivity index (χ0v) is 7.67. The zero-order chi connectivity index (χ0) is 8.97. The highest BCUT2D eigenvalue weighted by Gasteiger charge is 2.00. The van der Waals surface area contributed by atoms with Gasteiger partial charge in [-0.05, 0) is 25.1 Å². The summed E-state index contributed by atoms with van der Waals surface area (Å²) in [6.07, 6.45) is 1.87. The van der Waals surface area contributed by atoms with Crippen molar-refractivity contribution in [3.8, 4) is 0 Å². The fourth-order valence-corrected chi connectivity index (χ4v) is 1.12. The summed E-state index contributed by atoms with van der Waals surface area (Å²) in [6, 6.07) is 8.78. The molecule has 12 heavy (non-hydrogen) atoms. The van der Waals surface area contributed by atoms with Crippen LogP contribution in [-0.2, 0) is 0 Å². The number of benzene rings is 1. The Labute approximate surface area is 74.1 Å². The SMILES string of the molecule is C=Cc1cccc([C@@H](C)NC)c1. The molecule has 64 valence electrons. The molecule has 0 aliphatic carbocycles. The maximum Gasteiger partial charge on any atom is 0.0289 e. The molecule has 0 amide bonds. The van der Waals surface area contributed by atoms with Gasteiger partial charge in [0.2, 0.25) is 0 Å². The highest BCUT2D eigenvalue weighted by atomic mass is 14.8. The quantitative estimate of drug-likeness (QED) is 0.718. The molecule has 1 atom stereocenters. The van der Waals surface area contributed by atoms with E-state index in [-0.39, 0.29) is 0 Å². The van der Waals surface area contributed by atoms with Crippen LogP contribution in [0.2, 0.25) is 0 Å². The summed E-state index contributed by atoms with van der Waals surface area (Å²) in [5.41, 5.74) is 2.48. The molecule has 0 spiro atoms. The van der Waals surface area contributed by atoms with Crippen molar-refractivity contribution in [2.45, 2.75) is 13.0 Å². The first-order valence-corrected chi connectivity index (χ1v) is 4.17. The fraction of sp³-hybridized carbons (Fsp3) is 0.273. The van der Waals surface area contributed by atoms with Gasteiger partial charge >= 0.3 is 0 Å². The first-order valence-electron chi connectivity index (χ1n) is 4.17. The average molecular weight is 161 g/mol. The molecule has 1 N–H and O–H groups in total. The van der Waals surface area contributed by atoms with E-state index in [4.69, 9.17) is 0 Å². The van der Waals surface area contributed by atoms with Gasteiger partial charge in [-0.15, -0.1) is 0 Å². The predicted octanol–water partition coefficient (Wildman–Crippen LogP) is 2.61. The van der Waals surface area contributed by atoms with Gasteiger partial charge in [0.1, 0.15) is 0 Å². The van der Waals surface area contributed by atoms with Crippen LogP contribution in [0, 0.1) is 0 Å². The van der Waals surface area contributed by atoms with Crippen molar-refractivity contribution in [1.29, 1.82) is 0 Å². The minimum absolute atomic E-state index is 0.407. The van der Waals surface area contributed by atoms with Crippen molar-refractivity contribution in [3.63, 3.8) is 0 Å². The Kier molecular flexibility index (Phi) is 3.06. The minimum Gasteiger partial charge on any atom is -0.313 e. The average Bonchev–Trinajstić information content (AvgIpc) is 2.17. The molecule has 1 heteroatoms. The number of hydrogen-bond acceptors (Lipinski definition) is 1. The smallest absolute Gasteiger partial charge is 0.0289 e. The molecular formula is C11H15N. The van der Waals surface area contributed by atoms with Crippen molar-refractivity contribution >= 4 is 6.08 Å². The Hall–Kier alpha value is -1.08. The molecule has 0 unspecified atom stereocenters. The van der Waals surface area contributed by atoms with Gasteiger partial charge in [0.25, 0.3) is 0 Å². The molecule has 1 rings (SSSR count). The topological polar surface area (TPSA) is 12.0 Å². The molecule has 1 aromatic carbocycles. The Balaban J connectivity index is 2.93. The van der Waals surface area contributed by atoms with Gasteiger partial charge in [0, 0.05) is 6.04 Å². The number of hydrogen-bond donors (Lipinski definition) is 1. The Bertz CT molecular complexity index is 265. The summed E-state index contributed by atoms with van der Waals surface area (Å²) in [5.74, 6) is 0. The van der Waals surface area contributed by atoms with Crippen LogP contribution in [0.25, 0.3) is 6.08 Å². The third-order valence-corrected chi connectivity index (χ3v) is 2.08. The lowest BCUT2D eigenvalue weighted by atomic mass is 10.1. The van der Waals surface area contributed by atoms with E-state index in [9.17, 15) is 0 Å². The largest absolute Gasteiger partial charge is 0.313 e. The molecule has 0 fully saturated rings. The molecule has 0 aliphatic rings. The Morgan fingerprint density at radius 1 is 1.50 bits per heavy atom. The zero-order valence-electron chi connectivity index (χ0n) is 7.67. The van der Waals surface area contributed by atoms with Gasteiger partial charge in [-0.2, -0.15) is 0 Å². The second-order valence-corrected chi connectivity index (χ2v) is 2.88. The van der Waals surface area contributed by atoms with Crippen LogP contribution >= 0.6 is 0 Å². The van der Waals surface area contributed by atoms with Gasteiger partial charge in [-0.3, -0.25) is 0 Å². The van der Waals surface area contributed by atoms with Crippen LogP contribution in [0.3, 0.4) is 0 Å². The molecule has 0 aliphatic heterocycles. The summed E-state index contributed by atoms with van der Waals surface area (Å²) < 4.78 is 0. The second-order valence-electron chi connectivity index (χ2n) is 2.88. The minimum atomic E-state index is 0.407.